The Morgan fingerprint density at radius 3 is 1.77 bits per heavy atom. The summed E-state index contributed by atoms with van der Waals surface area (Å²) in [5.74, 6) is 1.26. The second-order valence-electron chi connectivity index (χ2n) is 11.3. The van der Waals surface area contributed by atoms with Gasteiger partial charge in [-0.25, -0.2) is 19.7 Å². The van der Waals surface area contributed by atoms with Gasteiger partial charge in [-0.1, -0.05) is 86.6 Å². The lowest BCUT2D eigenvalue weighted by molar-refractivity contribution is -0.151. The van der Waals surface area contributed by atoms with Crippen LogP contribution in [0.4, 0.5) is 0 Å². The normalized spacial score (nSPS) is 11.8. The van der Waals surface area contributed by atoms with E-state index in [0.29, 0.717) is 35.4 Å². The molecule has 0 saturated carbocycles. The maximum atomic E-state index is 12.5. The molecular formula is C36H43N3O4. The summed E-state index contributed by atoms with van der Waals surface area (Å²) in [6.07, 6.45) is 5.90. The minimum Gasteiger partial charge on any atom is -0.507 e. The Bertz CT molecular complexity index is 1500. The van der Waals surface area contributed by atoms with Gasteiger partial charge in [0.2, 0.25) is 0 Å². The summed E-state index contributed by atoms with van der Waals surface area (Å²) < 4.78 is 11.2. The summed E-state index contributed by atoms with van der Waals surface area (Å²) in [5.41, 5.74) is 6.63. The Morgan fingerprint density at radius 2 is 1.23 bits per heavy atom. The van der Waals surface area contributed by atoms with Crippen molar-refractivity contribution >= 4 is 5.97 Å². The molecule has 1 unspecified atom stereocenters. The van der Waals surface area contributed by atoms with E-state index in [0.717, 1.165) is 52.6 Å². The van der Waals surface area contributed by atoms with Gasteiger partial charge in [0, 0.05) is 17.2 Å². The predicted octanol–water partition coefficient (Wildman–Crippen LogP) is 8.48. The summed E-state index contributed by atoms with van der Waals surface area (Å²) in [4.78, 5) is 26.9. The third kappa shape index (κ3) is 8.40. The van der Waals surface area contributed by atoms with Crippen LogP contribution in [0.3, 0.4) is 0 Å². The van der Waals surface area contributed by atoms with E-state index in [1.807, 2.05) is 38.1 Å². The lowest BCUT2D eigenvalue weighted by Gasteiger charge is -2.15. The van der Waals surface area contributed by atoms with Crippen LogP contribution in [-0.2, 0) is 9.53 Å². The summed E-state index contributed by atoms with van der Waals surface area (Å²) in [6.45, 7) is 12.4. The summed E-state index contributed by atoms with van der Waals surface area (Å²) >= 11 is 0. The van der Waals surface area contributed by atoms with E-state index >= 15 is 0 Å². The van der Waals surface area contributed by atoms with Crippen molar-refractivity contribution in [1.29, 1.82) is 0 Å². The molecule has 0 radical (unpaired) electrons. The molecule has 0 fully saturated rings. The first-order valence-electron chi connectivity index (χ1n) is 15.2. The third-order valence-electron chi connectivity index (χ3n) is 7.48. The molecule has 1 aromatic heterocycles. The van der Waals surface area contributed by atoms with E-state index in [2.05, 4.69) is 32.9 Å². The zero-order valence-corrected chi connectivity index (χ0v) is 26.2. The molecule has 7 heteroatoms. The first-order valence-corrected chi connectivity index (χ1v) is 15.2. The molecule has 0 aliphatic rings. The Labute approximate surface area is 255 Å². The number of carbonyl (C=O) groups excluding carboxylic acids is 1. The van der Waals surface area contributed by atoms with Gasteiger partial charge in [0.05, 0.1) is 12.2 Å². The van der Waals surface area contributed by atoms with Crippen LogP contribution >= 0.6 is 0 Å². The fraction of sp³-hybridized carbons (Fsp3) is 0.389. The van der Waals surface area contributed by atoms with Gasteiger partial charge in [0.1, 0.15) is 11.5 Å². The molecule has 1 atom stereocenters. The number of hydrogen-bond acceptors (Lipinski definition) is 7. The molecule has 0 bridgehead atoms. The Morgan fingerprint density at radius 1 is 0.721 bits per heavy atom. The van der Waals surface area contributed by atoms with Crippen molar-refractivity contribution in [2.75, 3.05) is 6.61 Å². The van der Waals surface area contributed by atoms with Gasteiger partial charge in [-0.05, 0) is 64.3 Å². The Kier molecular flexibility index (Phi) is 10.9. The number of aromatic nitrogens is 3. The maximum Gasteiger partial charge on any atom is 0.347 e. The minimum atomic E-state index is -0.810. The molecule has 1 heterocycles. The van der Waals surface area contributed by atoms with E-state index in [1.165, 1.54) is 25.3 Å². The number of phenolic OH excluding ortho intramolecular Hbond substituents is 1. The quantitative estimate of drug-likeness (QED) is 0.125. The lowest BCUT2D eigenvalue weighted by Crippen LogP contribution is -2.26. The Hall–Kier alpha value is -4.26. The fourth-order valence-electron chi connectivity index (χ4n) is 5.06. The van der Waals surface area contributed by atoms with E-state index in [-0.39, 0.29) is 5.75 Å². The molecular weight excluding hydrogens is 538 g/mol. The van der Waals surface area contributed by atoms with Gasteiger partial charge >= 0.3 is 5.97 Å². The van der Waals surface area contributed by atoms with Crippen LogP contribution in [0, 0.1) is 27.7 Å². The monoisotopic (exact) mass is 581 g/mol. The number of aromatic hydroxyl groups is 1. The molecule has 3 aromatic carbocycles. The van der Waals surface area contributed by atoms with Gasteiger partial charge in [0.25, 0.3) is 0 Å². The molecule has 0 spiro atoms. The molecule has 0 amide bonds. The van der Waals surface area contributed by atoms with E-state index in [9.17, 15) is 9.90 Å². The topological polar surface area (TPSA) is 94.4 Å². The first kappa shape index (κ1) is 31.7. The average Bonchev–Trinajstić information content (AvgIpc) is 2.96. The number of phenols is 1. The molecule has 0 saturated heterocycles. The molecule has 4 rings (SSSR count). The third-order valence-corrected chi connectivity index (χ3v) is 7.48. The van der Waals surface area contributed by atoms with Crippen LogP contribution in [0.25, 0.3) is 34.2 Å². The van der Waals surface area contributed by atoms with Crippen LogP contribution < -0.4 is 4.74 Å². The van der Waals surface area contributed by atoms with Gasteiger partial charge in [-0.15, -0.1) is 0 Å². The summed E-state index contributed by atoms with van der Waals surface area (Å²) in [6, 6.07) is 17.2. The van der Waals surface area contributed by atoms with E-state index in [4.69, 9.17) is 24.4 Å². The SMILES string of the molecule is CCCCCCCCOC(=O)C(C)Oc1ccc(-c2nc(-c3ccc(C)cc3C)nc(-c3ccc(C)cc3C)n2)c(O)c1. The van der Waals surface area contributed by atoms with Crippen molar-refractivity contribution in [2.24, 2.45) is 0 Å². The Balaban J connectivity index is 1.56. The highest BCUT2D eigenvalue weighted by atomic mass is 16.6. The maximum absolute atomic E-state index is 12.5. The van der Waals surface area contributed by atoms with Crippen molar-refractivity contribution in [3.8, 4) is 45.7 Å². The van der Waals surface area contributed by atoms with Crippen molar-refractivity contribution in [3.05, 3.63) is 76.9 Å². The standard InChI is InChI=1S/C36H43N3O4/c1-7-8-9-10-11-12-19-42-36(41)27(6)43-28-15-18-31(32(40)22-28)35-38-33(29-16-13-23(2)20-25(29)4)37-34(39-35)30-17-14-24(3)21-26(30)5/h13-18,20-22,27,40H,7-12,19H2,1-6H3. The molecule has 0 aliphatic carbocycles. The van der Waals surface area contributed by atoms with Crippen LogP contribution in [0.1, 0.15) is 74.6 Å². The number of aryl methyl sites for hydroxylation is 4. The minimum absolute atomic E-state index is 0.0606. The number of esters is 1. The molecule has 226 valence electrons. The average molecular weight is 582 g/mol. The molecule has 0 aliphatic heterocycles. The zero-order valence-electron chi connectivity index (χ0n) is 26.2. The predicted molar refractivity (Wildman–Crippen MR) is 171 cm³/mol. The number of carbonyl (C=O) groups is 1. The van der Waals surface area contributed by atoms with Crippen LogP contribution in [-0.4, -0.2) is 38.7 Å². The number of hydrogen-bond donors (Lipinski definition) is 1. The summed E-state index contributed by atoms with van der Waals surface area (Å²) in [7, 11) is 0. The van der Waals surface area contributed by atoms with E-state index in [1.54, 1.807) is 19.1 Å². The summed E-state index contributed by atoms with van der Waals surface area (Å²) in [5, 5.41) is 11.1. The van der Waals surface area contributed by atoms with Gasteiger partial charge in [-0.2, -0.15) is 0 Å². The smallest absolute Gasteiger partial charge is 0.347 e. The van der Waals surface area contributed by atoms with E-state index < -0.39 is 12.1 Å². The highest BCUT2D eigenvalue weighted by Crippen LogP contribution is 2.34. The molecule has 7 nitrogen and oxygen atoms in total. The van der Waals surface area contributed by atoms with Crippen LogP contribution in [0.15, 0.2) is 54.6 Å². The lowest BCUT2D eigenvalue weighted by atomic mass is 10.0. The van der Waals surface area contributed by atoms with Crippen LogP contribution in [0.5, 0.6) is 11.5 Å². The zero-order chi connectivity index (χ0) is 30.9. The highest BCUT2D eigenvalue weighted by molar-refractivity contribution is 5.75. The van der Waals surface area contributed by atoms with Crippen molar-refractivity contribution in [2.45, 2.75) is 86.2 Å². The van der Waals surface area contributed by atoms with Crippen molar-refractivity contribution in [3.63, 3.8) is 0 Å². The second-order valence-corrected chi connectivity index (χ2v) is 11.3. The van der Waals surface area contributed by atoms with Gasteiger partial charge in [-0.3, -0.25) is 0 Å². The van der Waals surface area contributed by atoms with Crippen molar-refractivity contribution < 1.29 is 19.4 Å². The number of benzene rings is 3. The van der Waals surface area contributed by atoms with Crippen molar-refractivity contribution in [1.82, 2.24) is 15.0 Å². The fourth-order valence-corrected chi connectivity index (χ4v) is 5.06. The molecule has 4 aromatic rings. The number of rotatable bonds is 13. The number of nitrogens with zero attached hydrogens (tertiary/aromatic N) is 3. The highest BCUT2D eigenvalue weighted by Gasteiger charge is 2.20. The molecule has 43 heavy (non-hydrogen) atoms. The van der Waals surface area contributed by atoms with Crippen LogP contribution in [0.2, 0.25) is 0 Å². The first-order chi connectivity index (χ1) is 20.7. The largest absolute Gasteiger partial charge is 0.507 e. The number of ether oxygens (including phenoxy) is 2. The number of unbranched alkanes of at least 4 members (excludes halogenated alkanes) is 5. The second kappa shape index (κ2) is 14.8. The molecule has 1 N–H and O–H groups in total. The van der Waals surface area contributed by atoms with Gasteiger partial charge < -0.3 is 14.6 Å². The van der Waals surface area contributed by atoms with Gasteiger partial charge in [0.15, 0.2) is 23.6 Å².